The van der Waals surface area contributed by atoms with Gasteiger partial charge in [-0.15, -0.1) is 0 Å². The Morgan fingerprint density at radius 1 is 1.29 bits per heavy atom. The fraction of sp³-hybridized carbons (Fsp3) is 0.833. The van der Waals surface area contributed by atoms with Crippen LogP contribution in [-0.4, -0.2) is 32.4 Å². The molecule has 0 saturated heterocycles. The quantitative estimate of drug-likeness (QED) is 0.587. The lowest BCUT2D eigenvalue weighted by atomic mass is 9.96. The summed E-state index contributed by atoms with van der Waals surface area (Å²) in [7, 11) is -1.60. The largest absolute Gasteiger partial charge is 0.279 e. The summed E-state index contributed by atoms with van der Waals surface area (Å²) in [5, 5.41) is 0. The van der Waals surface area contributed by atoms with E-state index >= 15 is 0 Å². The Labute approximate surface area is 105 Å². The number of nitrogens with zero attached hydrogens (tertiary/aromatic N) is 1. The lowest BCUT2D eigenvalue weighted by molar-refractivity contribution is 0.283. The zero-order valence-electron chi connectivity index (χ0n) is 10.9. The van der Waals surface area contributed by atoms with Crippen molar-refractivity contribution in [3.63, 3.8) is 0 Å². The molecule has 0 radical (unpaired) electrons. The Hall–Kier alpha value is -0.390. The molecule has 5 heteroatoms. The Morgan fingerprint density at radius 3 is 2.53 bits per heavy atom. The molecule has 0 aromatic carbocycles. The summed E-state index contributed by atoms with van der Waals surface area (Å²) in [6, 6.07) is 0.183. The fourth-order valence-corrected chi connectivity index (χ4v) is 3.36. The van der Waals surface area contributed by atoms with E-state index in [-0.39, 0.29) is 6.04 Å². The molecule has 0 bridgehead atoms. The SMILES string of the molecule is C/C=C/CCNS(=O)(=O)N(C)C1CCCCC1. The average molecular weight is 260 g/mol. The molecule has 0 amide bonds. The van der Waals surface area contributed by atoms with Crippen molar-refractivity contribution < 1.29 is 8.42 Å². The van der Waals surface area contributed by atoms with Gasteiger partial charge in [0.2, 0.25) is 0 Å². The summed E-state index contributed by atoms with van der Waals surface area (Å²) in [5.41, 5.74) is 0. The van der Waals surface area contributed by atoms with E-state index in [1.165, 1.54) is 10.7 Å². The van der Waals surface area contributed by atoms with Crippen LogP contribution in [0.2, 0.25) is 0 Å². The topological polar surface area (TPSA) is 49.4 Å². The predicted molar refractivity (Wildman–Crippen MR) is 71.0 cm³/mol. The molecule has 1 aliphatic carbocycles. The first kappa shape index (κ1) is 14.7. The second-order valence-corrected chi connectivity index (χ2v) is 6.38. The molecule has 0 aromatic rings. The summed E-state index contributed by atoms with van der Waals surface area (Å²) < 4.78 is 28.1. The zero-order chi connectivity index (χ0) is 12.7. The Kier molecular flexibility index (Phi) is 6.16. The first-order chi connectivity index (χ1) is 8.08. The molecule has 0 heterocycles. The molecule has 0 aliphatic heterocycles. The molecule has 4 nitrogen and oxygen atoms in total. The third kappa shape index (κ3) is 4.77. The molecule has 0 atom stereocenters. The number of rotatable bonds is 6. The van der Waals surface area contributed by atoms with Gasteiger partial charge in [0, 0.05) is 19.6 Å². The van der Waals surface area contributed by atoms with Crippen LogP contribution in [0.15, 0.2) is 12.2 Å². The molecule has 1 rings (SSSR count). The van der Waals surface area contributed by atoms with Crippen molar-refractivity contribution in [2.24, 2.45) is 0 Å². The highest BCUT2D eigenvalue weighted by atomic mass is 32.2. The minimum absolute atomic E-state index is 0.183. The highest BCUT2D eigenvalue weighted by Crippen LogP contribution is 2.22. The molecule has 0 aromatic heterocycles. The molecule has 100 valence electrons. The number of nitrogens with one attached hydrogen (secondary N) is 1. The molecule has 1 saturated carbocycles. The molecular formula is C12H24N2O2S. The van der Waals surface area contributed by atoms with Crippen LogP contribution >= 0.6 is 0 Å². The maximum absolute atomic E-state index is 12.0. The lowest BCUT2D eigenvalue weighted by Crippen LogP contribution is -2.45. The Bertz CT molecular complexity index is 332. The van der Waals surface area contributed by atoms with Gasteiger partial charge in [-0.05, 0) is 26.2 Å². The molecular weight excluding hydrogens is 236 g/mol. The predicted octanol–water partition coefficient (Wildman–Crippen LogP) is 2.05. The number of allylic oxidation sites excluding steroid dienone is 1. The summed E-state index contributed by atoms with van der Waals surface area (Å²) in [6.45, 7) is 2.41. The molecule has 1 N–H and O–H groups in total. The second-order valence-electron chi connectivity index (χ2n) is 4.57. The third-order valence-electron chi connectivity index (χ3n) is 3.30. The summed E-state index contributed by atoms with van der Waals surface area (Å²) in [6.07, 6.45) is 10.1. The van der Waals surface area contributed by atoms with E-state index in [1.54, 1.807) is 7.05 Å². The van der Waals surface area contributed by atoms with Crippen LogP contribution in [0.25, 0.3) is 0 Å². The Balaban J connectivity index is 2.44. The van der Waals surface area contributed by atoms with E-state index in [2.05, 4.69) is 4.72 Å². The normalized spacial score (nSPS) is 19.2. The van der Waals surface area contributed by atoms with Gasteiger partial charge in [0.25, 0.3) is 10.2 Å². The van der Waals surface area contributed by atoms with E-state index < -0.39 is 10.2 Å². The van der Waals surface area contributed by atoms with Gasteiger partial charge < -0.3 is 0 Å². The first-order valence-electron chi connectivity index (χ1n) is 6.41. The van der Waals surface area contributed by atoms with Gasteiger partial charge in [0.15, 0.2) is 0 Å². The fourth-order valence-electron chi connectivity index (χ4n) is 2.18. The monoisotopic (exact) mass is 260 g/mol. The van der Waals surface area contributed by atoms with Gasteiger partial charge in [-0.2, -0.15) is 12.7 Å². The van der Waals surface area contributed by atoms with Crippen LogP contribution in [0.1, 0.15) is 45.4 Å². The highest BCUT2D eigenvalue weighted by Gasteiger charge is 2.26. The van der Waals surface area contributed by atoms with E-state index in [0.29, 0.717) is 6.54 Å². The van der Waals surface area contributed by atoms with Crippen LogP contribution in [0, 0.1) is 0 Å². The smallest absolute Gasteiger partial charge is 0.202 e. The van der Waals surface area contributed by atoms with Crippen LogP contribution < -0.4 is 4.72 Å². The molecule has 17 heavy (non-hydrogen) atoms. The van der Waals surface area contributed by atoms with Crippen LogP contribution in [-0.2, 0) is 10.2 Å². The maximum atomic E-state index is 12.0. The van der Waals surface area contributed by atoms with E-state index in [1.807, 2.05) is 19.1 Å². The van der Waals surface area contributed by atoms with Crippen LogP contribution in [0.3, 0.4) is 0 Å². The van der Waals surface area contributed by atoms with E-state index in [9.17, 15) is 8.42 Å². The molecule has 0 spiro atoms. The van der Waals surface area contributed by atoms with Gasteiger partial charge >= 0.3 is 0 Å². The summed E-state index contributed by atoms with van der Waals surface area (Å²) >= 11 is 0. The molecule has 1 aliphatic rings. The van der Waals surface area contributed by atoms with Gasteiger partial charge in [-0.25, -0.2) is 4.72 Å². The third-order valence-corrected chi connectivity index (χ3v) is 4.92. The summed E-state index contributed by atoms with van der Waals surface area (Å²) in [4.78, 5) is 0. The maximum Gasteiger partial charge on any atom is 0.279 e. The highest BCUT2D eigenvalue weighted by molar-refractivity contribution is 7.87. The second kappa shape index (κ2) is 7.13. The van der Waals surface area contributed by atoms with Crippen LogP contribution in [0.5, 0.6) is 0 Å². The minimum Gasteiger partial charge on any atom is -0.202 e. The van der Waals surface area contributed by atoms with Crippen molar-refractivity contribution >= 4 is 10.2 Å². The van der Waals surface area contributed by atoms with E-state index in [0.717, 1.165) is 32.1 Å². The lowest BCUT2D eigenvalue weighted by Gasteiger charge is -2.30. The Morgan fingerprint density at radius 2 is 1.94 bits per heavy atom. The molecule has 1 fully saturated rings. The minimum atomic E-state index is -3.29. The van der Waals surface area contributed by atoms with Crippen molar-refractivity contribution in [3.8, 4) is 0 Å². The first-order valence-corrected chi connectivity index (χ1v) is 7.85. The number of hydrogen-bond donors (Lipinski definition) is 1. The average Bonchev–Trinajstić information content (AvgIpc) is 2.35. The number of hydrogen-bond acceptors (Lipinski definition) is 2. The van der Waals surface area contributed by atoms with Gasteiger partial charge in [0.1, 0.15) is 0 Å². The van der Waals surface area contributed by atoms with Crippen molar-refractivity contribution in [3.05, 3.63) is 12.2 Å². The van der Waals surface area contributed by atoms with Crippen molar-refractivity contribution in [2.45, 2.75) is 51.5 Å². The van der Waals surface area contributed by atoms with Gasteiger partial charge in [0.05, 0.1) is 0 Å². The molecule has 0 unspecified atom stereocenters. The van der Waals surface area contributed by atoms with Crippen molar-refractivity contribution in [1.82, 2.24) is 9.03 Å². The van der Waals surface area contributed by atoms with E-state index in [4.69, 9.17) is 0 Å². The van der Waals surface area contributed by atoms with Gasteiger partial charge in [-0.3, -0.25) is 0 Å². The van der Waals surface area contributed by atoms with Crippen LogP contribution in [0.4, 0.5) is 0 Å². The van der Waals surface area contributed by atoms with Crippen molar-refractivity contribution in [2.75, 3.05) is 13.6 Å². The summed E-state index contributed by atoms with van der Waals surface area (Å²) in [5.74, 6) is 0. The standard InChI is InChI=1S/C12H24N2O2S/c1-3-4-8-11-13-17(15,16)14(2)12-9-6-5-7-10-12/h3-4,12-13H,5-11H2,1-2H3/b4-3+. The van der Waals surface area contributed by atoms with Crippen molar-refractivity contribution in [1.29, 1.82) is 0 Å². The zero-order valence-corrected chi connectivity index (χ0v) is 11.7. The van der Waals surface area contributed by atoms with Gasteiger partial charge in [-0.1, -0.05) is 31.4 Å².